The van der Waals surface area contributed by atoms with Gasteiger partial charge in [0.1, 0.15) is 5.76 Å². The lowest BCUT2D eigenvalue weighted by Gasteiger charge is -2.43. The first kappa shape index (κ1) is 18.4. The molecule has 1 aliphatic heterocycles. The SMILES string of the molecule is CCCc1cc(C(=O)N2CC[C@]3(OC)CCC(OCCO)CC23)no1. The van der Waals surface area contributed by atoms with E-state index in [0.717, 1.165) is 44.3 Å². The first-order valence-electron chi connectivity index (χ1n) is 9.17. The molecule has 2 heterocycles. The minimum atomic E-state index is -0.301. The van der Waals surface area contributed by atoms with Gasteiger partial charge in [-0.15, -0.1) is 0 Å². The Morgan fingerprint density at radius 3 is 3.08 bits per heavy atom. The fraction of sp³-hybridized carbons (Fsp3) is 0.778. The van der Waals surface area contributed by atoms with E-state index in [4.69, 9.17) is 19.1 Å². The zero-order valence-corrected chi connectivity index (χ0v) is 15.1. The van der Waals surface area contributed by atoms with Gasteiger partial charge in [-0.3, -0.25) is 4.79 Å². The summed E-state index contributed by atoms with van der Waals surface area (Å²) in [6.45, 7) is 3.05. The van der Waals surface area contributed by atoms with Crippen LogP contribution in [-0.2, 0) is 15.9 Å². The lowest BCUT2D eigenvalue weighted by molar-refractivity contribution is -0.0992. The molecule has 2 fully saturated rings. The Morgan fingerprint density at radius 1 is 1.52 bits per heavy atom. The maximum absolute atomic E-state index is 13.0. The highest BCUT2D eigenvalue weighted by Gasteiger charge is 2.53. The van der Waals surface area contributed by atoms with Crippen molar-refractivity contribution in [1.82, 2.24) is 10.1 Å². The maximum atomic E-state index is 13.0. The molecule has 1 aliphatic carbocycles. The molecule has 1 N–H and O–H groups in total. The van der Waals surface area contributed by atoms with Gasteiger partial charge in [0.15, 0.2) is 5.69 Å². The second kappa shape index (κ2) is 7.85. The van der Waals surface area contributed by atoms with Crippen molar-refractivity contribution in [2.45, 2.75) is 63.2 Å². The summed E-state index contributed by atoms with van der Waals surface area (Å²) in [6.07, 6.45) is 5.06. The highest BCUT2D eigenvalue weighted by atomic mass is 16.5. The maximum Gasteiger partial charge on any atom is 0.276 e. The van der Waals surface area contributed by atoms with E-state index in [2.05, 4.69) is 12.1 Å². The molecule has 1 aromatic rings. The molecule has 140 valence electrons. The van der Waals surface area contributed by atoms with Crippen LogP contribution in [0.5, 0.6) is 0 Å². The fourth-order valence-corrected chi connectivity index (χ4v) is 4.20. The molecule has 2 aliphatic rings. The van der Waals surface area contributed by atoms with Crippen molar-refractivity contribution < 1.29 is 23.9 Å². The second-order valence-electron chi connectivity index (χ2n) is 6.95. The number of carbonyl (C=O) groups is 1. The molecule has 0 spiro atoms. The smallest absolute Gasteiger partial charge is 0.276 e. The summed E-state index contributed by atoms with van der Waals surface area (Å²) >= 11 is 0. The van der Waals surface area contributed by atoms with Gasteiger partial charge < -0.3 is 24.0 Å². The number of amides is 1. The second-order valence-corrected chi connectivity index (χ2v) is 6.95. The van der Waals surface area contributed by atoms with E-state index in [9.17, 15) is 4.79 Å². The van der Waals surface area contributed by atoms with Crippen LogP contribution >= 0.6 is 0 Å². The molecule has 3 atom stereocenters. The van der Waals surface area contributed by atoms with E-state index in [1.165, 1.54) is 0 Å². The molecule has 3 rings (SSSR count). The monoisotopic (exact) mass is 352 g/mol. The van der Waals surface area contributed by atoms with Gasteiger partial charge in [-0.05, 0) is 32.1 Å². The van der Waals surface area contributed by atoms with Crippen molar-refractivity contribution >= 4 is 5.91 Å². The largest absolute Gasteiger partial charge is 0.394 e. The van der Waals surface area contributed by atoms with Crippen molar-refractivity contribution in [1.29, 1.82) is 0 Å². The Bertz CT molecular complexity index is 590. The Labute approximate surface area is 148 Å². The quantitative estimate of drug-likeness (QED) is 0.805. The molecule has 1 saturated heterocycles. The van der Waals surface area contributed by atoms with Gasteiger partial charge in [0, 0.05) is 26.1 Å². The van der Waals surface area contributed by atoms with Gasteiger partial charge in [0.2, 0.25) is 0 Å². The predicted octanol–water partition coefficient (Wildman–Crippen LogP) is 1.79. The number of hydrogen-bond acceptors (Lipinski definition) is 6. The zero-order valence-electron chi connectivity index (χ0n) is 15.1. The number of aromatic nitrogens is 1. The number of aryl methyl sites for hydroxylation is 1. The molecule has 7 heteroatoms. The average molecular weight is 352 g/mol. The highest BCUT2D eigenvalue weighted by Crippen LogP contribution is 2.43. The molecule has 1 amide bonds. The number of methoxy groups -OCH3 is 1. The van der Waals surface area contributed by atoms with Gasteiger partial charge in [0.25, 0.3) is 5.91 Å². The Morgan fingerprint density at radius 2 is 2.36 bits per heavy atom. The predicted molar refractivity (Wildman–Crippen MR) is 90.4 cm³/mol. The number of hydrogen-bond donors (Lipinski definition) is 1. The lowest BCUT2D eigenvalue weighted by Crippen LogP contribution is -2.53. The van der Waals surface area contributed by atoms with E-state index in [0.29, 0.717) is 18.8 Å². The molecule has 0 aromatic carbocycles. The first-order chi connectivity index (χ1) is 12.1. The molecule has 7 nitrogen and oxygen atoms in total. The third-order valence-electron chi connectivity index (χ3n) is 5.52. The van der Waals surface area contributed by atoms with Crippen LogP contribution in [0.15, 0.2) is 10.6 Å². The molecule has 0 radical (unpaired) electrons. The topological polar surface area (TPSA) is 85.0 Å². The van der Waals surface area contributed by atoms with Crippen LogP contribution in [0.4, 0.5) is 0 Å². The van der Waals surface area contributed by atoms with Crippen LogP contribution in [0.25, 0.3) is 0 Å². The van der Waals surface area contributed by atoms with Gasteiger partial charge in [-0.1, -0.05) is 12.1 Å². The minimum absolute atomic E-state index is 0.0123. The summed E-state index contributed by atoms with van der Waals surface area (Å²) in [5.74, 6) is 0.647. The van der Waals surface area contributed by atoms with Crippen molar-refractivity contribution in [3.8, 4) is 0 Å². The van der Waals surface area contributed by atoms with Crippen molar-refractivity contribution in [3.05, 3.63) is 17.5 Å². The molecule has 0 bridgehead atoms. The summed E-state index contributed by atoms with van der Waals surface area (Å²) in [4.78, 5) is 14.8. The molecule has 25 heavy (non-hydrogen) atoms. The summed E-state index contributed by atoms with van der Waals surface area (Å²) in [5, 5.41) is 12.9. The Hall–Kier alpha value is -1.44. The van der Waals surface area contributed by atoms with Gasteiger partial charge in [0.05, 0.1) is 31.0 Å². The number of nitrogens with zero attached hydrogens (tertiary/aromatic N) is 2. The lowest BCUT2D eigenvalue weighted by atomic mass is 9.79. The third kappa shape index (κ3) is 3.59. The summed E-state index contributed by atoms with van der Waals surface area (Å²) in [5.41, 5.74) is 0.0683. The number of fused-ring (bicyclic) bond motifs is 1. The Kier molecular flexibility index (Phi) is 5.76. The van der Waals surface area contributed by atoms with Crippen LogP contribution in [0.3, 0.4) is 0 Å². The first-order valence-corrected chi connectivity index (χ1v) is 9.17. The number of carbonyl (C=O) groups excluding carboxylic acids is 1. The molecule has 2 unspecified atom stereocenters. The number of ether oxygens (including phenoxy) is 2. The van der Waals surface area contributed by atoms with Crippen molar-refractivity contribution in [3.63, 3.8) is 0 Å². The highest BCUT2D eigenvalue weighted by molar-refractivity contribution is 5.92. The summed E-state index contributed by atoms with van der Waals surface area (Å²) in [6, 6.07) is 1.72. The molecular formula is C18H28N2O5. The fourth-order valence-electron chi connectivity index (χ4n) is 4.20. The van der Waals surface area contributed by atoms with Crippen LogP contribution in [0, 0.1) is 0 Å². The normalized spacial score (nSPS) is 29.0. The summed E-state index contributed by atoms with van der Waals surface area (Å²) in [7, 11) is 1.73. The molecule has 1 saturated carbocycles. The van der Waals surface area contributed by atoms with E-state index >= 15 is 0 Å². The van der Waals surface area contributed by atoms with E-state index < -0.39 is 0 Å². The Balaban J connectivity index is 1.75. The third-order valence-corrected chi connectivity index (χ3v) is 5.52. The van der Waals surface area contributed by atoms with Gasteiger partial charge in [-0.2, -0.15) is 0 Å². The standard InChI is InChI=1S/C18H28N2O5/c1-3-4-14-11-15(19-25-14)17(22)20-8-7-18(23-2)6-5-13(12-16(18)20)24-10-9-21/h11,13,16,21H,3-10,12H2,1-2H3/t13?,16?,18-/m1/s1. The van der Waals surface area contributed by atoms with Crippen LogP contribution in [0.1, 0.15) is 55.3 Å². The van der Waals surface area contributed by atoms with Crippen molar-refractivity contribution in [2.75, 3.05) is 26.9 Å². The van der Waals surface area contributed by atoms with Crippen LogP contribution < -0.4 is 0 Å². The van der Waals surface area contributed by atoms with E-state index in [1.54, 1.807) is 13.2 Å². The van der Waals surface area contributed by atoms with Crippen LogP contribution in [-0.4, -0.2) is 65.7 Å². The summed E-state index contributed by atoms with van der Waals surface area (Å²) < 4.78 is 16.9. The zero-order chi connectivity index (χ0) is 17.9. The van der Waals surface area contributed by atoms with E-state index in [-0.39, 0.29) is 30.3 Å². The van der Waals surface area contributed by atoms with Crippen molar-refractivity contribution in [2.24, 2.45) is 0 Å². The van der Waals surface area contributed by atoms with E-state index in [1.807, 2.05) is 4.90 Å². The minimum Gasteiger partial charge on any atom is -0.394 e. The van der Waals surface area contributed by atoms with Gasteiger partial charge in [-0.25, -0.2) is 0 Å². The number of aliphatic hydroxyl groups excluding tert-OH is 1. The van der Waals surface area contributed by atoms with Gasteiger partial charge >= 0.3 is 0 Å². The average Bonchev–Trinajstić information content (AvgIpc) is 3.24. The molecule has 1 aromatic heterocycles. The number of aliphatic hydroxyl groups is 1. The number of likely N-dealkylation sites (tertiary alicyclic amines) is 1. The number of rotatable bonds is 7. The van der Waals surface area contributed by atoms with Crippen LogP contribution in [0.2, 0.25) is 0 Å². The molecular weight excluding hydrogens is 324 g/mol.